The Labute approximate surface area is 155 Å². The standard InChI is InChI=1S/C22H28N2O2/c1-22(2,3)26-21(25)18-15-24-13-12-23(14-16-8-5-4-6-9-16)19-11-7-10-17(18)20(19)24/h4-6,8-9,15,19H,7,10-14H2,1-3H3/t19-/m0/s1. The second-order valence-corrected chi connectivity index (χ2v) is 8.47. The van der Waals surface area contributed by atoms with E-state index in [9.17, 15) is 4.79 Å². The minimum Gasteiger partial charge on any atom is -0.456 e. The van der Waals surface area contributed by atoms with Gasteiger partial charge in [0.25, 0.3) is 0 Å². The van der Waals surface area contributed by atoms with Crippen LogP contribution in [-0.4, -0.2) is 27.6 Å². The summed E-state index contributed by atoms with van der Waals surface area (Å²) in [6.07, 6.45) is 5.31. The van der Waals surface area contributed by atoms with Crippen LogP contribution in [0.1, 0.15) is 66.8 Å². The molecule has 0 unspecified atom stereocenters. The van der Waals surface area contributed by atoms with Gasteiger partial charge in [0, 0.05) is 31.5 Å². The summed E-state index contributed by atoms with van der Waals surface area (Å²) in [7, 11) is 0. The Morgan fingerprint density at radius 2 is 1.96 bits per heavy atom. The summed E-state index contributed by atoms with van der Waals surface area (Å²) < 4.78 is 7.97. The number of nitrogens with zero attached hydrogens (tertiary/aromatic N) is 2. The van der Waals surface area contributed by atoms with E-state index in [4.69, 9.17) is 4.74 Å². The molecule has 0 spiro atoms. The van der Waals surface area contributed by atoms with Crippen LogP contribution >= 0.6 is 0 Å². The molecule has 4 heteroatoms. The highest BCUT2D eigenvalue weighted by Gasteiger charge is 2.36. The lowest BCUT2D eigenvalue weighted by Gasteiger charge is -2.40. The maximum Gasteiger partial charge on any atom is 0.340 e. The molecule has 26 heavy (non-hydrogen) atoms. The number of esters is 1. The van der Waals surface area contributed by atoms with E-state index in [2.05, 4.69) is 39.8 Å². The lowest BCUT2D eigenvalue weighted by molar-refractivity contribution is 0.00682. The van der Waals surface area contributed by atoms with Gasteiger partial charge in [-0.05, 0) is 51.2 Å². The van der Waals surface area contributed by atoms with Gasteiger partial charge in [0.2, 0.25) is 0 Å². The second kappa shape index (κ2) is 6.58. The summed E-state index contributed by atoms with van der Waals surface area (Å²) in [5.74, 6) is -0.176. The highest BCUT2D eigenvalue weighted by atomic mass is 16.6. The number of rotatable bonds is 3. The molecule has 0 radical (unpaired) electrons. The summed E-state index contributed by atoms with van der Waals surface area (Å²) in [6.45, 7) is 8.71. The van der Waals surface area contributed by atoms with E-state index in [1.165, 1.54) is 16.8 Å². The molecule has 1 aliphatic carbocycles. The molecule has 1 aliphatic heterocycles. The predicted molar refractivity (Wildman–Crippen MR) is 102 cm³/mol. The Morgan fingerprint density at radius 3 is 2.69 bits per heavy atom. The molecular formula is C22H28N2O2. The van der Waals surface area contributed by atoms with Crippen LogP contribution in [0.15, 0.2) is 36.5 Å². The Hall–Kier alpha value is -2.07. The summed E-state index contributed by atoms with van der Waals surface area (Å²) in [6, 6.07) is 11.1. The van der Waals surface area contributed by atoms with Gasteiger partial charge < -0.3 is 9.30 Å². The molecule has 1 atom stereocenters. The lowest BCUT2D eigenvalue weighted by Crippen LogP contribution is -2.39. The monoisotopic (exact) mass is 352 g/mol. The molecular weight excluding hydrogens is 324 g/mol. The van der Waals surface area contributed by atoms with E-state index in [0.717, 1.165) is 44.5 Å². The minimum atomic E-state index is -0.459. The van der Waals surface area contributed by atoms with Crippen LogP contribution < -0.4 is 0 Å². The molecule has 0 saturated carbocycles. The number of carbonyl (C=O) groups excluding carboxylic acids is 1. The lowest BCUT2D eigenvalue weighted by atomic mass is 9.89. The van der Waals surface area contributed by atoms with Crippen molar-refractivity contribution in [1.29, 1.82) is 0 Å². The topological polar surface area (TPSA) is 34.5 Å². The molecule has 0 bridgehead atoms. The Bertz CT molecular complexity index is 802. The number of ether oxygens (including phenoxy) is 1. The SMILES string of the molecule is CC(C)(C)OC(=O)c1cn2c3c1CCC[C@@H]3N(Cc1ccccc1)CC2. The zero-order chi connectivity index (χ0) is 18.3. The van der Waals surface area contributed by atoms with E-state index < -0.39 is 5.60 Å². The van der Waals surface area contributed by atoms with Gasteiger partial charge in [0.05, 0.1) is 11.6 Å². The van der Waals surface area contributed by atoms with Gasteiger partial charge in [0.1, 0.15) is 5.60 Å². The minimum absolute atomic E-state index is 0.176. The molecule has 138 valence electrons. The third-order valence-electron chi connectivity index (χ3n) is 5.36. The van der Waals surface area contributed by atoms with Crippen LogP contribution in [0, 0.1) is 0 Å². The summed E-state index contributed by atoms with van der Waals surface area (Å²) in [5, 5.41) is 0. The van der Waals surface area contributed by atoms with Crippen molar-refractivity contribution >= 4 is 5.97 Å². The molecule has 0 saturated heterocycles. The van der Waals surface area contributed by atoms with E-state index >= 15 is 0 Å². The van der Waals surface area contributed by atoms with Crippen molar-refractivity contribution in [3.8, 4) is 0 Å². The Kier molecular flexibility index (Phi) is 4.39. The number of hydrogen-bond acceptors (Lipinski definition) is 3. The quantitative estimate of drug-likeness (QED) is 0.771. The zero-order valence-electron chi connectivity index (χ0n) is 16.0. The first-order valence-electron chi connectivity index (χ1n) is 9.65. The van der Waals surface area contributed by atoms with Crippen molar-refractivity contribution in [2.24, 2.45) is 0 Å². The zero-order valence-corrected chi connectivity index (χ0v) is 16.0. The first-order chi connectivity index (χ1) is 12.4. The molecule has 1 aromatic carbocycles. The van der Waals surface area contributed by atoms with Gasteiger partial charge in [-0.25, -0.2) is 4.79 Å². The molecule has 4 rings (SSSR count). The molecule has 2 heterocycles. The van der Waals surface area contributed by atoms with Gasteiger partial charge in [0.15, 0.2) is 0 Å². The van der Waals surface area contributed by atoms with Gasteiger partial charge in [-0.2, -0.15) is 0 Å². The maximum absolute atomic E-state index is 12.7. The van der Waals surface area contributed by atoms with Crippen molar-refractivity contribution in [2.75, 3.05) is 6.54 Å². The van der Waals surface area contributed by atoms with Crippen LogP contribution in [0.5, 0.6) is 0 Å². The Morgan fingerprint density at radius 1 is 1.19 bits per heavy atom. The Balaban J connectivity index is 1.63. The van der Waals surface area contributed by atoms with Crippen LogP contribution in [-0.2, 0) is 24.2 Å². The first-order valence-corrected chi connectivity index (χ1v) is 9.65. The highest BCUT2D eigenvalue weighted by molar-refractivity contribution is 5.92. The molecule has 0 amide bonds. The van der Waals surface area contributed by atoms with Gasteiger partial charge >= 0.3 is 5.97 Å². The predicted octanol–water partition coefficient (Wildman–Crippen LogP) is 4.34. The molecule has 0 fully saturated rings. The van der Waals surface area contributed by atoms with Crippen LogP contribution in [0.2, 0.25) is 0 Å². The second-order valence-electron chi connectivity index (χ2n) is 8.47. The van der Waals surface area contributed by atoms with E-state index in [1.54, 1.807) is 0 Å². The fourth-order valence-corrected chi connectivity index (χ4v) is 4.33. The smallest absolute Gasteiger partial charge is 0.340 e. The third-order valence-corrected chi connectivity index (χ3v) is 5.36. The highest BCUT2D eigenvalue weighted by Crippen LogP contribution is 2.40. The number of aromatic nitrogens is 1. The van der Waals surface area contributed by atoms with Gasteiger partial charge in [-0.1, -0.05) is 30.3 Å². The van der Waals surface area contributed by atoms with Gasteiger partial charge in [-0.3, -0.25) is 4.90 Å². The van der Waals surface area contributed by atoms with E-state index in [-0.39, 0.29) is 5.97 Å². The van der Waals surface area contributed by atoms with Gasteiger partial charge in [-0.15, -0.1) is 0 Å². The molecule has 1 aromatic heterocycles. The van der Waals surface area contributed by atoms with Crippen molar-refractivity contribution in [3.63, 3.8) is 0 Å². The van der Waals surface area contributed by atoms with Crippen molar-refractivity contribution in [2.45, 2.75) is 64.8 Å². The fraction of sp³-hybridized carbons (Fsp3) is 0.500. The maximum atomic E-state index is 12.7. The number of hydrogen-bond donors (Lipinski definition) is 0. The number of benzene rings is 1. The summed E-state index contributed by atoms with van der Waals surface area (Å²) in [5.41, 5.74) is 4.24. The largest absolute Gasteiger partial charge is 0.456 e. The van der Waals surface area contributed by atoms with E-state index in [1.807, 2.05) is 27.0 Å². The fourth-order valence-electron chi connectivity index (χ4n) is 4.33. The van der Waals surface area contributed by atoms with Crippen molar-refractivity contribution in [1.82, 2.24) is 9.47 Å². The van der Waals surface area contributed by atoms with E-state index in [0.29, 0.717) is 6.04 Å². The van der Waals surface area contributed by atoms with Crippen molar-refractivity contribution in [3.05, 3.63) is 58.9 Å². The third kappa shape index (κ3) is 3.30. The average Bonchev–Trinajstić information content (AvgIpc) is 2.97. The number of carbonyl (C=O) groups is 1. The van der Waals surface area contributed by atoms with Crippen LogP contribution in [0.25, 0.3) is 0 Å². The molecule has 2 aliphatic rings. The summed E-state index contributed by atoms with van der Waals surface area (Å²) in [4.78, 5) is 15.3. The van der Waals surface area contributed by atoms with Crippen LogP contribution in [0.4, 0.5) is 0 Å². The van der Waals surface area contributed by atoms with Crippen LogP contribution in [0.3, 0.4) is 0 Å². The normalized spacial score (nSPS) is 19.9. The first kappa shape index (κ1) is 17.3. The summed E-state index contributed by atoms with van der Waals surface area (Å²) >= 11 is 0. The molecule has 2 aromatic rings. The average molecular weight is 352 g/mol. The molecule has 0 N–H and O–H groups in total. The molecule has 4 nitrogen and oxygen atoms in total. The van der Waals surface area contributed by atoms with Crippen molar-refractivity contribution < 1.29 is 9.53 Å².